The smallest absolute Gasteiger partial charge is 0.133 e. The first-order chi connectivity index (χ1) is 10.0. The van der Waals surface area contributed by atoms with Crippen molar-refractivity contribution in [2.45, 2.75) is 33.9 Å². The quantitative estimate of drug-likeness (QED) is 0.826. The average Bonchev–Trinajstić information content (AvgIpc) is 2.82. The van der Waals surface area contributed by atoms with Gasteiger partial charge in [0.15, 0.2) is 0 Å². The number of halogens is 1. The van der Waals surface area contributed by atoms with Crippen LogP contribution in [-0.4, -0.2) is 18.6 Å². The monoisotopic (exact) mass is 367 g/mol. The molecule has 0 bridgehead atoms. The fraction of sp³-hybridized carbons (Fsp3) is 0.438. The van der Waals surface area contributed by atoms with E-state index in [1.54, 1.807) is 11.3 Å². The summed E-state index contributed by atoms with van der Waals surface area (Å²) in [5.41, 5.74) is 3.67. The summed E-state index contributed by atoms with van der Waals surface area (Å²) in [7, 11) is 2.12. The van der Waals surface area contributed by atoms with E-state index < -0.39 is 0 Å². The van der Waals surface area contributed by atoms with Crippen LogP contribution in [0.4, 0.5) is 5.82 Å². The van der Waals surface area contributed by atoms with E-state index in [1.165, 1.54) is 16.0 Å². The third-order valence-electron chi connectivity index (χ3n) is 3.38. The molecule has 0 radical (unpaired) electrons. The molecule has 0 aliphatic carbocycles. The lowest BCUT2D eigenvalue weighted by Gasteiger charge is -2.23. The Morgan fingerprint density at radius 1 is 1.33 bits per heavy atom. The average molecular weight is 368 g/mol. The minimum absolute atomic E-state index is 0.865. The maximum Gasteiger partial charge on any atom is 0.133 e. The van der Waals surface area contributed by atoms with Crippen molar-refractivity contribution >= 4 is 33.1 Å². The molecule has 2 heterocycles. The van der Waals surface area contributed by atoms with Gasteiger partial charge in [0, 0.05) is 39.6 Å². The van der Waals surface area contributed by atoms with Crippen molar-refractivity contribution < 1.29 is 0 Å². The van der Waals surface area contributed by atoms with Crippen LogP contribution in [0.5, 0.6) is 0 Å². The SMILES string of the molecule is CCNCc1c(C)cc(C)nc1N(C)Cc1cc(Br)cs1. The number of hydrogen-bond acceptors (Lipinski definition) is 4. The fourth-order valence-electron chi connectivity index (χ4n) is 2.37. The predicted molar refractivity (Wildman–Crippen MR) is 95.2 cm³/mol. The first-order valence-electron chi connectivity index (χ1n) is 7.13. The summed E-state index contributed by atoms with van der Waals surface area (Å²) in [4.78, 5) is 8.34. The van der Waals surface area contributed by atoms with Crippen LogP contribution in [0.2, 0.25) is 0 Å². The zero-order valence-electron chi connectivity index (χ0n) is 13.0. The molecular weight excluding hydrogens is 346 g/mol. The van der Waals surface area contributed by atoms with E-state index in [1.807, 2.05) is 0 Å². The Labute approximate surface area is 139 Å². The summed E-state index contributed by atoms with van der Waals surface area (Å²) in [5, 5.41) is 5.54. The molecule has 1 N–H and O–H groups in total. The van der Waals surface area contributed by atoms with Crippen molar-refractivity contribution in [2.24, 2.45) is 0 Å². The van der Waals surface area contributed by atoms with E-state index in [2.05, 4.69) is 71.5 Å². The van der Waals surface area contributed by atoms with Crippen LogP contribution in [-0.2, 0) is 13.1 Å². The van der Waals surface area contributed by atoms with Crippen molar-refractivity contribution in [3.8, 4) is 0 Å². The lowest BCUT2D eigenvalue weighted by atomic mass is 10.1. The van der Waals surface area contributed by atoms with E-state index in [0.29, 0.717) is 0 Å². The van der Waals surface area contributed by atoms with Gasteiger partial charge < -0.3 is 10.2 Å². The second kappa shape index (κ2) is 7.38. The number of pyridine rings is 1. The van der Waals surface area contributed by atoms with Crippen molar-refractivity contribution in [3.05, 3.63) is 43.7 Å². The molecule has 2 aromatic heterocycles. The first kappa shape index (κ1) is 16.5. The number of aryl methyl sites for hydroxylation is 2. The molecular formula is C16H22BrN3S. The van der Waals surface area contributed by atoms with Crippen molar-refractivity contribution in [1.82, 2.24) is 10.3 Å². The minimum Gasteiger partial charge on any atom is -0.354 e. The summed E-state index contributed by atoms with van der Waals surface area (Å²) >= 11 is 5.29. The van der Waals surface area contributed by atoms with Crippen LogP contribution in [0.25, 0.3) is 0 Å². The molecule has 5 heteroatoms. The van der Waals surface area contributed by atoms with Crippen LogP contribution in [0.1, 0.15) is 28.6 Å². The van der Waals surface area contributed by atoms with Gasteiger partial charge in [0.2, 0.25) is 0 Å². The fourth-order valence-corrected chi connectivity index (χ4v) is 3.88. The second-order valence-electron chi connectivity index (χ2n) is 5.25. The second-order valence-corrected chi connectivity index (χ2v) is 7.16. The summed E-state index contributed by atoms with van der Waals surface area (Å²) in [5.74, 6) is 1.08. The Morgan fingerprint density at radius 2 is 2.10 bits per heavy atom. The standard InChI is InChI=1S/C16H22BrN3S/c1-5-18-8-15-11(2)6-12(3)19-16(15)20(4)9-14-7-13(17)10-21-14/h6-7,10,18H,5,8-9H2,1-4H3. The third-order valence-corrected chi connectivity index (χ3v) is 5.06. The highest BCUT2D eigenvalue weighted by molar-refractivity contribution is 9.10. The largest absolute Gasteiger partial charge is 0.354 e. The van der Waals surface area contributed by atoms with Crippen molar-refractivity contribution in [3.63, 3.8) is 0 Å². The Balaban J connectivity index is 2.27. The van der Waals surface area contributed by atoms with Gasteiger partial charge in [-0.05, 0) is 54.0 Å². The van der Waals surface area contributed by atoms with Gasteiger partial charge in [-0.1, -0.05) is 6.92 Å². The number of aromatic nitrogens is 1. The molecule has 0 saturated heterocycles. The van der Waals surface area contributed by atoms with Crippen LogP contribution in [0.15, 0.2) is 22.0 Å². The zero-order valence-corrected chi connectivity index (χ0v) is 15.4. The van der Waals surface area contributed by atoms with Gasteiger partial charge in [0.25, 0.3) is 0 Å². The highest BCUT2D eigenvalue weighted by Crippen LogP contribution is 2.26. The number of rotatable bonds is 6. The van der Waals surface area contributed by atoms with E-state index in [0.717, 1.165) is 35.6 Å². The van der Waals surface area contributed by atoms with Crippen LogP contribution < -0.4 is 10.2 Å². The molecule has 114 valence electrons. The zero-order chi connectivity index (χ0) is 15.4. The number of thiophene rings is 1. The molecule has 0 aliphatic heterocycles. The van der Waals surface area contributed by atoms with Gasteiger partial charge in [-0.25, -0.2) is 4.98 Å². The third kappa shape index (κ3) is 4.28. The van der Waals surface area contributed by atoms with Crippen LogP contribution >= 0.6 is 27.3 Å². The maximum atomic E-state index is 4.77. The van der Waals surface area contributed by atoms with Crippen molar-refractivity contribution in [1.29, 1.82) is 0 Å². The van der Waals surface area contributed by atoms with E-state index in [-0.39, 0.29) is 0 Å². The Bertz CT molecular complexity index is 610. The lowest BCUT2D eigenvalue weighted by molar-refractivity contribution is 0.715. The number of anilines is 1. The van der Waals surface area contributed by atoms with Gasteiger partial charge >= 0.3 is 0 Å². The Morgan fingerprint density at radius 3 is 2.71 bits per heavy atom. The van der Waals surface area contributed by atoms with E-state index in [4.69, 9.17) is 4.98 Å². The molecule has 0 aromatic carbocycles. The highest BCUT2D eigenvalue weighted by Gasteiger charge is 2.13. The molecule has 0 atom stereocenters. The van der Waals surface area contributed by atoms with Gasteiger partial charge in [-0.15, -0.1) is 11.3 Å². The molecule has 0 spiro atoms. The van der Waals surface area contributed by atoms with E-state index in [9.17, 15) is 0 Å². The molecule has 0 saturated carbocycles. The normalized spacial score (nSPS) is 10.9. The van der Waals surface area contributed by atoms with Crippen molar-refractivity contribution in [2.75, 3.05) is 18.5 Å². The number of nitrogens with zero attached hydrogens (tertiary/aromatic N) is 2. The number of nitrogens with one attached hydrogen (secondary N) is 1. The molecule has 0 amide bonds. The minimum atomic E-state index is 0.865. The molecule has 0 aliphatic rings. The Kier molecular flexibility index (Phi) is 5.79. The van der Waals surface area contributed by atoms with E-state index >= 15 is 0 Å². The maximum absolute atomic E-state index is 4.77. The molecule has 0 fully saturated rings. The lowest BCUT2D eigenvalue weighted by Crippen LogP contribution is -2.22. The summed E-state index contributed by atoms with van der Waals surface area (Å²) in [6, 6.07) is 4.33. The molecule has 2 aromatic rings. The highest BCUT2D eigenvalue weighted by atomic mass is 79.9. The molecule has 3 nitrogen and oxygen atoms in total. The number of hydrogen-bond donors (Lipinski definition) is 1. The van der Waals surface area contributed by atoms with Gasteiger partial charge in [0.05, 0.1) is 6.54 Å². The van der Waals surface area contributed by atoms with Gasteiger partial charge in [-0.3, -0.25) is 0 Å². The summed E-state index contributed by atoms with van der Waals surface area (Å²) < 4.78 is 1.15. The van der Waals surface area contributed by atoms with Gasteiger partial charge in [0.1, 0.15) is 5.82 Å². The summed E-state index contributed by atoms with van der Waals surface area (Å²) in [6.07, 6.45) is 0. The van der Waals surface area contributed by atoms with Gasteiger partial charge in [-0.2, -0.15) is 0 Å². The van der Waals surface area contributed by atoms with Crippen LogP contribution in [0.3, 0.4) is 0 Å². The van der Waals surface area contributed by atoms with Crippen LogP contribution in [0, 0.1) is 13.8 Å². The topological polar surface area (TPSA) is 28.2 Å². The molecule has 2 rings (SSSR count). The predicted octanol–water partition coefficient (Wildman–Crippen LogP) is 4.27. The molecule has 21 heavy (non-hydrogen) atoms. The molecule has 0 unspecified atom stereocenters. The first-order valence-corrected chi connectivity index (χ1v) is 8.80. The Hall–Kier alpha value is -0.910. The summed E-state index contributed by atoms with van der Waals surface area (Å²) in [6.45, 7) is 9.07.